The van der Waals surface area contributed by atoms with Crippen LogP contribution in [0.1, 0.15) is 34.6 Å². The van der Waals surface area contributed by atoms with Crippen LogP contribution in [0.15, 0.2) is 60.7 Å². The van der Waals surface area contributed by atoms with E-state index in [1.165, 1.54) is 10.4 Å². The largest absolute Gasteiger partial charge is 0.406 e. The summed E-state index contributed by atoms with van der Waals surface area (Å²) in [6, 6.07) is 20.8. The highest BCUT2D eigenvalue weighted by atomic mass is 28.4. The summed E-state index contributed by atoms with van der Waals surface area (Å²) in [6.07, 6.45) is 0. The SMILES string of the molecule is CC(C)(CO[Si](c1ccccc1)(c1ccccc1)C(C)(C)C)C(N)=O. The Bertz CT molecular complexity index is 666. The molecule has 0 bridgehead atoms. The van der Waals surface area contributed by atoms with E-state index in [-0.39, 0.29) is 10.9 Å². The first-order chi connectivity index (χ1) is 11.6. The van der Waals surface area contributed by atoms with Gasteiger partial charge in [-0.05, 0) is 29.3 Å². The van der Waals surface area contributed by atoms with Gasteiger partial charge in [0.2, 0.25) is 5.91 Å². The van der Waals surface area contributed by atoms with Gasteiger partial charge in [-0.3, -0.25) is 4.79 Å². The van der Waals surface area contributed by atoms with Gasteiger partial charge in [-0.1, -0.05) is 81.4 Å². The van der Waals surface area contributed by atoms with Crippen molar-refractivity contribution in [3.05, 3.63) is 60.7 Å². The van der Waals surface area contributed by atoms with Crippen molar-refractivity contribution in [3.8, 4) is 0 Å². The predicted molar refractivity (Wildman–Crippen MR) is 107 cm³/mol. The maximum atomic E-state index is 11.8. The molecule has 2 rings (SSSR count). The first-order valence-electron chi connectivity index (χ1n) is 8.66. The fraction of sp³-hybridized carbons (Fsp3) is 0.381. The smallest absolute Gasteiger partial charge is 0.261 e. The summed E-state index contributed by atoms with van der Waals surface area (Å²) in [7, 11) is -2.61. The second-order valence-electron chi connectivity index (χ2n) is 8.20. The van der Waals surface area contributed by atoms with Crippen molar-refractivity contribution in [2.75, 3.05) is 6.61 Å². The van der Waals surface area contributed by atoms with Gasteiger partial charge in [0.25, 0.3) is 8.32 Å². The number of carbonyl (C=O) groups is 1. The van der Waals surface area contributed by atoms with Crippen LogP contribution in [0.5, 0.6) is 0 Å². The van der Waals surface area contributed by atoms with Crippen LogP contribution in [-0.4, -0.2) is 20.8 Å². The number of primary amides is 1. The quantitative estimate of drug-likeness (QED) is 0.810. The molecule has 0 heterocycles. The highest BCUT2D eigenvalue weighted by molar-refractivity contribution is 6.99. The fourth-order valence-corrected chi connectivity index (χ4v) is 7.85. The van der Waals surface area contributed by atoms with Gasteiger partial charge in [-0.25, -0.2) is 0 Å². The van der Waals surface area contributed by atoms with Crippen LogP contribution < -0.4 is 16.1 Å². The van der Waals surface area contributed by atoms with Crippen molar-refractivity contribution in [2.24, 2.45) is 11.1 Å². The number of amides is 1. The van der Waals surface area contributed by atoms with Crippen molar-refractivity contribution in [2.45, 2.75) is 39.7 Å². The number of rotatable bonds is 6. The average Bonchev–Trinajstić information content (AvgIpc) is 2.56. The molecule has 0 fully saturated rings. The van der Waals surface area contributed by atoms with E-state index in [1.807, 2.05) is 50.2 Å². The monoisotopic (exact) mass is 355 g/mol. The van der Waals surface area contributed by atoms with Crippen LogP contribution in [0.3, 0.4) is 0 Å². The number of hydrogen-bond acceptors (Lipinski definition) is 2. The van der Waals surface area contributed by atoms with Crippen molar-refractivity contribution < 1.29 is 9.22 Å². The van der Waals surface area contributed by atoms with Crippen molar-refractivity contribution in [1.29, 1.82) is 0 Å². The molecule has 25 heavy (non-hydrogen) atoms. The summed E-state index contributed by atoms with van der Waals surface area (Å²) in [5, 5.41) is 2.30. The molecule has 4 heteroatoms. The first-order valence-corrected chi connectivity index (χ1v) is 10.6. The molecule has 3 nitrogen and oxygen atoms in total. The maximum Gasteiger partial charge on any atom is 0.261 e. The molecule has 0 saturated heterocycles. The number of hydrogen-bond donors (Lipinski definition) is 1. The summed E-state index contributed by atoms with van der Waals surface area (Å²) in [5.41, 5.74) is 4.87. The minimum atomic E-state index is -2.61. The molecule has 0 atom stereocenters. The van der Waals surface area contributed by atoms with Crippen LogP contribution in [-0.2, 0) is 9.22 Å². The normalized spacial score (nSPS) is 12.8. The molecule has 2 aromatic rings. The summed E-state index contributed by atoms with van der Waals surface area (Å²) >= 11 is 0. The zero-order chi connectivity index (χ0) is 18.7. The van der Waals surface area contributed by atoms with Gasteiger partial charge in [0.05, 0.1) is 5.41 Å². The Morgan fingerprint density at radius 2 is 1.28 bits per heavy atom. The van der Waals surface area contributed by atoms with Gasteiger partial charge < -0.3 is 10.2 Å². The van der Waals surface area contributed by atoms with E-state index in [4.69, 9.17) is 10.2 Å². The molecule has 0 aromatic heterocycles. The third-order valence-corrected chi connectivity index (χ3v) is 9.72. The molecule has 0 saturated carbocycles. The molecule has 2 aromatic carbocycles. The third-order valence-electron chi connectivity index (χ3n) is 4.73. The lowest BCUT2D eigenvalue weighted by molar-refractivity contribution is -0.127. The minimum absolute atomic E-state index is 0.108. The van der Waals surface area contributed by atoms with Crippen LogP contribution in [0, 0.1) is 5.41 Å². The lowest BCUT2D eigenvalue weighted by Gasteiger charge is -2.44. The van der Waals surface area contributed by atoms with E-state index in [0.29, 0.717) is 6.61 Å². The van der Waals surface area contributed by atoms with Crippen LogP contribution >= 0.6 is 0 Å². The zero-order valence-corrected chi connectivity index (χ0v) is 16.9. The van der Waals surface area contributed by atoms with Crippen LogP contribution in [0.2, 0.25) is 5.04 Å². The van der Waals surface area contributed by atoms with Crippen LogP contribution in [0.4, 0.5) is 0 Å². The van der Waals surface area contributed by atoms with Crippen molar-refractivity contribution >= 4 is 24.6 Å². The van der Waals surface area contributed by atoms with E-state index in [2.05, 4.69) is 45.0 Å². The molecular formula is C21H29NO2Si. The van der Waals surface area contributed by atoms with E-state index < -0.39 is 13.7 Å². The maximum absolute atomic E-state index is 11.8. The van der Waals surface area contributed by atoms with Gasteiger partial charge in [0.15, 0.2) is 0 Å². The van der Waals surface area contributed by atoms with E-state index >= 15 is 0 Å². The number of nitrogens with two attached hydrogens (primary N) is 1. The highest BCUT2D eigenvalue weighted by Gasteiger charge is 2.51. The van der Waals surface area contributed by atoms with Crippen LogP contribution in [0.25, 0.3) is 0 Å². The van der Waals surface area contributed by atoms with Gasteiger partial charge in [-0.2, -0.15) is 0 Å². The Labute approximate surface area is 152 Å². The summed E-state index contributed by atoms with van der Waals surface area (Å²) in [6.45, 7) is 10.6. The topological polar surface area (TPSA) is 52.3 Å². The summed E-state index contributed by atoms with van der Waals surface area (Å²) < 4.78 is 6.73. The third kappa shape index (κ3) is 3.85. The fourth-order valence-electron chi connectivity index (χ4n) is 3.12. The Hall–Kier alpha value is -1.91. The Balaban J connectivity index is 2.63. The average molecular weight is 356 g/mol. The van der Waals surface area contributed by atoms with E-state index in [0.717, 1.165) is 0 Å². The first kappa shape index (κ1) is 19.4. The Morgan fingerprint density at radius 1 is 0.880 bits per heavy atom. The second kappa shape index (κ2) is 7.14. The lowest BCUT2D eigenvalue weighted by atomic mass is 9.94. The Kier molecular flexibility index (Phi) is 5.54. The van der Waals surface area contributed by atoms with Crippen molar-refractivity contribution in [3.63, 3.8) is 0 Å². The molecule has 0 aliphatic carbocycles. The highest BCUT2D eigenvalue weighted by Crippen LogP contribution is 2.37. The lowest BCUT2D eigenvalue weighted by Crippen LogP contribution is -2.67. The second-order valence-corrected chi connectivity index (χ2v) is 12.5. The molecule has 1 amide bonds. The summed E-state index contributed by atoms with van der Waals surface area (Å²) in [4.78, 5) is 11.8. The summed E-state index contributed by atoms with van der Waals surface area (Å²) in [5.74, 6) is -0.342. The molecule has 0 radical (unpaired) electrons. The molecule has 0 aliphatic heterocycles. The van der Waals surface area contributed by atoms with E-state index in [9.17, 15) is 4.79 Å². The Morgan fingerprint density at radius 3 is 1.60 bits per heavy atom. The molecule has 134 valence electrons. The minimum Gasteiger partial charge on any atom is -0.406 e. The van der Waals surface area contributed by atoms with Gasteiger partial charge in [0, 0.05) is 6.61 Å². The predicted octanol–water partition coefficient (Wildman–Crippen LogP) is 3.07. The van der Waals surface area contributed by atoms with Gasteiger partial charge >= 0.3 is 0 Å². The number of carbonyl (C=O) groups excluding carboxylic acids is 1. The van der Waals surface area contributed by atoms with Gasteiger partial charge in [0.1, 0.15) is 0 Å². The van der Waals surface area contributed by atoms with E-state index in [1.54, 1.807) is 0 Å². The molecule has 0 aliphatic rings. The molecule has 2 N–H and O–H groups in total. The zero-order valence-electron chi connectivity index (χ0n) is 15.9. The number of benzene rings is 2. The molecular weight excluding hydrogens is 326 g/mol. The van der Waals surface area contributed by atoms with Gasteiger partial charge in [-0.15, -0.1) is 0 Å². The molecule has 0 spiro atoms. The standard InChI is InChI=1S/C21H29NO2Si/c1-20(2,3)25(17-12-8-6-9-13-17,18-14-10-7-11-15-18)24-16-21(4,5)19(22)23/h6-15H,16H2,1-5H3,(H2,22,23). The van der Waals surface area contributed by atoms with Crippen molar-refractivity contribution in [1.82, 2.24) is 0 Å². The molecule has 0 unspecified atom stereocenters.